The van der Waals surface area contributed by atoms with Gasteiger partial charge in [0.1, 0.15) is 0 Å². The van der Waals surface area contributed by atoms with Gasteiger partial charge >= 0.3 is 0 Å². The molecule has 3 aromatic rings. The van der Waals surface area contributed by atoms with Crippen LogP contribution in [0.1, 0.15) is 11.1 Å². The van der Waals surface area contributed by atoms with E-state index in [1.807, 2.05) is 18.2 Å². The molecule has 2 aromatic carbocycles. The molecule has 100 valence electrons. The molecule has 1 heterocycles. The van der Waals surface area contributed by atoms with E-state index in [1.165, 1.54) is 38.5 Å². The molecule has 1 aliphatic rings. The Morgan fingerprint density at radius 3 is 2.29 bits per heavy atom. The second-order valence-corrected chi connectivity index (χ2v) is 6.02. The van der Waals surface area contributed by atoms with Crippen molar-refractivity contribution in [1.29, 1.82) is 10.8 Å². The van der Waals surface area contributed by atoms with Crippen molar-refractivity contribution < 1.29 is 0 Å². The molecule has 21 heavy (non-hydrogen) atoms. The molecule has 0 saturated carbocycles. The Hall–Kier alpha value is -2.52. The molecule has 0 bridgehead atoms. The SMILES string of the molecule is N=CC(C=N)=C1c2ccccc2-c2sc3ccccc3c21. The first kappa shape index (κ1) is 12.2. The van der Waals surface area contributed by atoms with E-state index in [0.29, 0.717) is 5.57 Å². The Kier molecular flexibility index (Phi) is 2.62. The summed E-state index contributed by atoms with van der Waals surface area (Å²) in [6, 6.07) is 16.6. The van der Waals surface area contributed by atoms with E-state index < -0.39 is 0 Å². The zero-order chi connectivity index (χ0) is 14.4. The van der Waals surface area contributed by atoms with Crippen LogP contribution in [-0.2, 0) is 0 Å². The van der Waals surface area contributed by atoms with Gasteiger partial charge in [0, 0.05) is 49.7 Å². The zero-order valence-electron chi connectivity index (χ0n) is 11.2. The lowest BCUT2D eigenvalue weighted by Gasteiger charge is -2.06. The first-order chi connectivity index (χ1) is 10.3. The van der Waals surface area contributed by atoms with Crippen molar-refractivity contribution in [3.63, 3.8) is 0 Å². The summed E-state index contributed by atoms with van der Waals surface area (Å²) in [6.07, 6.45) is 2.56. The summed E-state index contributed by atoms with van der Waals surface area (Å²) >= 11 is 1.79. The lowest BCUT2D eigenvalue weighted by Crippen LogP contribution is -1.93. The summed E-state index contributed by atoms with van der Waals surface area (Å²) in [5.41, 5.74) is 5.20. The lowest BCUT2D eigenvalue weighted by molar-refractivity contribution is 1.53. The Labute approximate surface area is 126 Å². The van der Waals surface area contributed by atoms with E-state index in [-0.39, 0.29) is 0 Å². The number of allylic oxidation sites excluding steroid dienone is 1. The van der Waals surface area contributed by atoms with Gasteiger partial charge in [-0.2, -0.15) is 0 Å². The maximum Gasteiger partial charge on any atom is 0.0440 e. The molecule has 1 aromatic heterocycles. The molecule has 2 N–H and O–H groups in total. The van der Waals surface area contributed by atoms with Crippen molar-refractivity contribution >= 4 is 39.4 Å². The summed E-state index contributed by atoms with van der Waals surface area (Å²) in [6.45, 7) is 0. The number of thiophene rings is 1. The Bertz CT molecular complexity index is 921. The number of hydrogen-bond donors (Lipinski definition) is 2. The highest BCUT2D eigenvalue weighted by Crippen LogP contribution is 2.52. The third-order valence-corrected chi connectivity index (χ3v) is 5.09. The molecule has 0 saturated heterocycles. The molecule has 0 amide bonds. The molecule has 0 radical (unpaired) electrons. The largest absolute Gasteiger partial charge is 0.308 e. The third-order valence-electron chi connectivity index (χ3n) is 3.89. The number of fused-ring (bicyclic) bond motifs is 5. The van der Waals surface area contributed by atoms with Crippen LogP contribution in [0, 0.1) is 10.8 Å². The van der Waals surface area contributed by atoms with E-state index in [0.717, 1.165) is 11.1 Å². The van der Waals surface area contributed by atoms with Crippen molar-refractivity contribution in [1.82, 2.24) is 0 Å². The summed E-state index contributed by atoms with van der Waals surface area (Å²) in [5, 5.41) is 16.5. The van der Waals surface area contributed by atoms with Gasteiger partial charge < -0.3 is 10.8 Å². The quantitative estimate of drug-likeness (QED) is 0.489. The molecule has 0 aliphatic heterocycles. The van der Waals surface area contributed by atoms with E-state index in [2.05, 4.69) is 30.3 Å². The second kappa shape index (κ2) is 4.50. The molecule has 3 heteroatoms. The number of benzene rings is 2. The Morgan fingerprint density at radius 1 is 0.857 bits per heavy atom. The maximum absolute atomic E-state index is 7.64. The predicted molar refractivity (Wildman–Crippen MR) is 90.9 cm³/mol. The molecule has 2 nitrogen and oxygen atoms in total. The van der Waals surface area contributed by atoms with Crippen LogP contribution in [0.15, 0.2) is 54.1 Å². The van der Waals surface area contributed by atoms with Gasteiger partial charge in [-0.05, 0) is 11.6 Å². The average Bonchev–Trinajstić information content (AvgIpc) is 3.05. The fourth-order valence-electron chi connectivity index (χ4n) is 3.00. The Balaban J connectivity index is 2.22. The van der Waals surface area contributed by atoms with Crippen molar-refractivity contribution in [2.45, 2.75) is 0 Å². The van der Waals surface area contributed by atoms with Gasteiger partial charge in [0.05, 0.1) is 0 Å². The highest BCUT2D eigenvalue weighted by Gasteiger charge is 2.28. The molecule has 4 rings (SSSR count). The van der Waals surface area contributed by atoms with Gasteiger partial charge in [-0.3, -0.25) is 0 Å². The van der Waals surface area contributed by atoms with E-state index in [9.17, 15) is 0 Å². The van der Waals surface area contributed by atoms with Crippen molar-refractivity contribution in [3.8, 4) is 10.4 Å². The lowest BCUT2D eigenvalue weighted by atomic mass is 9.97. The fraction of sp³-hybridized carbons (Fsp3) is 0. The normalized spacial score (nSPS) is 12.1. The third kappa shape index (κ3) is 1.58. The van der Waals surface area contributed by atoms with Gasteiger partial charge in [0.2, 0.25) is 0 Å². The monoisotopic (exact) mass is 288 g/mol. The van der Waals surface area contributed by atoms with Crippen LogP contribution >= 0.6 is 11.3 Å². The van der Waals surface area contributed by atoms with Gasteiger partial charge in [-0.1, -0.05) is 42.5 Å². The van der Waals surface area contributed by atoms with Crippen LogP contribution in [0.3, 0.4) is 0 Å². The van der Waals surface area contributed by atoms with Crippen molar-refractivity contribution in [3.05, 3.63) is 65.2 Å². The second-order valence-electron chi connectivity index (χ2n) is 4.97. The van der Waals surface area contributed by atoms with Gasteiger partial charge in [0.15, 0.2) is 0 Å². The van der Waals surface area contributed by atoms with E-state index >= 15 is 0 Å². The van der Waals surface area contributed by atoms with Crippen LogP contribution in [0.25, 0.3) is 26.1 Å². The summed E-state index contributed by atoms with van der Waals surface area (Å²) in [5.74, 6) is 0. The van der Waals surface area contributed by atoms with Crippen LogP contribution in [0.5, 0.6) is 0 Å². The van der Waals surface area contributed by atoms with E-state index in [4.69, 9.17) is 10.8 Å². The number of rotatable bonds is 2. The molecular formula is C18H12N2S. The van der Waals surface area contributed by atoms with Crippen molar-refractivity contribution in [2.24, 2.45) is 0 Å². The standard InChI is InChI=1S/C18H12N2S/c19-9-11(10-20)16-12-5-1-2-6-13(12)18-17(16)14-7-3-4-8-15(14)21-18/h1-10,19-20H. The highest BCUT2D eigenvalue weighted by molar-refractivity contribution is 7.22. The summed E-state index contributed by atoms with van der Waals surface area (Å²) < 4.78 is 1.25. The van der Waals surface area contributed by atoms with Crippen LogP contribution in [0.4, 0.5) is 0 Å². The minimum absolute atomic E-state index is 0.657. The van der Waals surface area contributed by atoms with Gasteiger partial charge in [0.25, 0.3) is 0 Å². The predicted octanol–water partition coefficient (Wildman–Crippen LogP) is 4.98. The first-order valence-electron chi connectivity index (χ1n) is 6.72. The highest BCUT2D eigenvalue weighted by atomic mass is 32.1. The topological polar surface area (TPSA) is 47.7 Å². The maximum atomic E-state index is 7.64. The van der Waals surface area contributed by atoms with Gasteiger partial charge in [-0.15, -0.1) is 11.3 Å². The summed E-state index contributed by atoms with van der Waals surface area (Å²) in [4.78, 5) is 1.25. The number of nitrogens with one attached hydrogen (secondary N) is 2. The number of hydrogen-bond acceptors (Lipinski definition) is 3. The smallest absolute Gasteiger partial charge is 0.0440 e. The van der Waals surface area contributed by atoms with Gasteiger partial charge in [-0.25, -0.2) is 0 Å². The summed E-state index contributed by atoms with van der Waals surface area (Å²) in [7, 11) is 0. The first-order valence-corrected chi connectivity index (χ1v) is 7.53. The Morgan fingerprint density at radius 2 is 1.52 bits per heavy atom. The van der Waals surface area contributed by atoms with Crippen LogP contribution < -0.4 is 0 Å². The van der Waals surface area contributed by atoms with Crippen molar-refractivity contribution in [2.75, 3.05) is 0 Å². The molecule has 1 aliphatic carbocycles. The minimum atomic E-state index is 0.657. The molecular weight excluding hydrogens is 276 g/mol. The molecule has 0 fully saturated rings. The molecule has 0 unspecified atom stereocenters. The average molecular weight is 288 g/mol. The van der Waals surface area contributed by atoms with Crippen LogP contribution in [0.2, 0.25) is 0 Å². The molecule has 0 spiro atoms. The zero-order valence-corrected chi connectivity index (χ0v) is 12.0. The van der Waals surface area contributed by atoms with E-state index in [1.54, 1.807) is 11.3 Å². The fourth-order valence-corrected chi connectivity index (χ4v) is 4.25. The molecule has 0 atom stereocenters. The van der Waals surface area contributed by atoms with Crippen LogP contribution in [-0.4, -0.2) is 12.4 Å². The minimum Gasteiger partial charge on any atom is -0.308 e.